The van der Waals surface area contributed by atoms with Gasteiger partial charge in [-0.15, -0.1) is 5.10 Å². The molecule has 0 atom stereocenters. The molecule has 3 N–H and O–H groups in total. The number of hydrogen-bond acceptors (Lipinski definition) is 8. The number of benzene rings is 1. The molecule has 0 saturated heterocycles. The van der Waals surface area contributed by atoms with Crippen LogP contribution in [0.1, 0.15) is 32.6 Å². The quantitative estimate of drug-likeness (QED) is 0.506. The van der Waals surface area contributed by atoms with Crippen molar-refractivity contribution in [3.63, 3.8) is 0 Å². The molecular formula is C19H25N7O4S. The molecule has 0 spiro atoms. The molecule has 166 valence electrons. The van der Waals surface area contributed by atoms with Crippen LogP contribution >= 0.6 is 0 Å². The van der Waals surface area contributed by atoms with Crippen LogP contribution in [0.2, 0.25) is 0 Å². The molecule has 12 heteroatoms. The minimum atomic E-state index is -3.67. The highest BCUT2D eigenvalue weighted by atomic mass is 32.2. The van der Waals surface area contributed by atoms with Gasteiger partial charge < -0.3 is 10.6 Å². The molecule has 0 radical (unpaired) electrons. The standard InChI is InChI=1S/C18H21N7O.CH4O3S/c1-12(26)20-13-6-8-14(9-7-13)21-18-19-11-10-17(22-18)25-16-5-3-2-4-15(16)23-24-25;1-5(2,3)4/h2-5,10-11,13-14H,6-9H2,1H3,(H,20,26)(H,19,21,22);1H3,(H,2,3,4). The Morgan fingerprint density at radius 2 is 1.77 bits per heavy atom. The fourth-order valence-electron chi connectivity index (χ4n) is 3.43. The van der Waals surface area contributed by atoms with Gasteiger partial charge in [0.15, 0.2) is 5.82 Å². The van der Waals surface area contributed by atoms with E-state index in [9.17, 15) is 13.2 Å². The summed E-state index contributed by atoms with van der Waals surface area (Å²) in [6, 6.07) is 10.2. The van der Waals surface area contributed by atoms with Gasteiger partial charge in [-0.3, -0.25) is 9.35 Å². The van der Waals surface area contributed by atoms with Crippen molar-refractivity contribution in [1.82, 2.24) is 30.3 Å². The lowest BCUT2D eigenvalue weighted by Crippen LogP contribution is -2.39. The molecule has 2 aromatic heterocycles. The maximum Gasteiger partial charge on any atom is 0.261 e. The lowest BCUT2D eigenvalue weighted by Gasteiger charge is -2.29. The van der Waals surface area contributed by atoms with Gasteiger partial charge in [0, 0.05) is 31.3 Å². The van der Waals surface area contributed by atoms with Gasteiger partial charge in [-0.25, -0.2) is 4.98 Å². The first-order chi connectivity index (χ1) is 14.7. The Hall–Kier alpha value is -3.12. The molecule has 1 amide bonds. The van der Waals surface area contributed by atoms with Gasteiger partial charge in [0.2, 0.25) is 11.9 Å². The number of amides is 1. The zero-order chi connectivity index (χ0) is 22.4. The SMILES string of the molecule is CC(=O)NC1CCC(Nc2nccc(-n3nnc4ccccc43)n2)CC1.CS(=O)(=O)O. The normalized spacial score (nSPS) is 18.7. The van der Waals surface area contributed by atoms with Crippen molar-refractivity contribution in [3.8, 4) is 5.82 Å². The van der Waals surface area contributed by atoms with Gasteiger partial charge in [-0.1, -0.05) is 17.3 Å². The van der Waals surface area contributed by atoms with E-state index < -0.39 is 10.1 Å². The van der Waals surface area contributed by atoms with Gasteiger partial charge in [0.1, 0.15) is 5.52 Å². The third-order valence-electron chi connectivity index (χ3n) is 4.68. The van der Waals surface area contributed by atoms with Crippen LogP contribution in [0.3, 0.4) is 0 Å². The van der Waals surface area contributed by atoms with Crippen LogP contribution in [0.15, 0.2) is 36.5 Å². The summed E-state index contributed by atoms with van der Waals surface area (Å²) in [5, 5.41) is 14.8. The molecule has 2 heterocycles. The third kappa shape index (κ3) is 6.96. The van der Waals surface area contributed by atoms with E-state index in [2.05, 4.69) is 30.9 Å². The molecule has 0 unspecified atom stereocenters. The third-order valence-corrected chi connectivity index (χ3v) is 4.68. The van der Waals surface area contributed by atoms with Crippen LogP contribution in [0, 0.1) is 0 Å². The lowest BCUT2D eigenvalue weighted by molar-refractivity contribution is -0.119. The van der Waals surface area contributed by atoms with Crippen LogP contribution in [-0.4, -0.2) is 62.2 Å². The van der Waals surface area contributed by atoms with Crippen LogP contribution in [0.25, 0.3) is 16.9 Å². The monoisotopic (exact) mass is 447 g/mol. The van der Waals surface area contributed by atoms with E-state index >= 15 is 0 Å². The largest absolute Gasteiger partial charge is 0.354 e. The molecule has 3 aromatic rings. The van der Waals surface area contributed by atoms with Gasteiger partial charge in [0.05, 0.1) is 11.8 Å². The predicted octanol–water partition coefficient (Wildman–Crippen LogP) is 1.57. The number of carbonyl (C=O) groups is 1. The van der Waals surface area contributed by atoms with E-state index in [0.717, 1.165) is 36.7 Å². The summed E-state index contributed by atoms with van der Waals surface area (Å²) < 4.78 is 27.6. The van der Waals surface area contributed by atoms with Gasteiger partial charge >= 0.3 is 0 Å². The highest BCUT2D eigenvalue weighted by Gasteiger charge is 2.22. The number of aromatic nitrogens is 5. The van der Waals surface area contributed by atoms with Crippen LogP contribution in [0.5, 0.6) is 0 Å². The number of hydrogen-bond donors (Lipinski definition) is 3. The van der Waals surface area contributed by atoms with Gasteiger partial charge in [-0.05, 0) is 37.8 Å². The Labute approximate surface area is 180 Å². The summed E-state index contributed by atoms with van der Waals surface area (Å²) in [6.45, 7) is 1.57. The summed E-state index contributed by atoms with van der Waals surface area (Å²) in [4.78, 5) is 20.1. The number of rotatable bonds is 4. The topological polar surface area (TPSA) is 152 Å². The molecule has 4 rings (SSSR count). The molecule has 11 nitrogen and oxygen atoms in total. The van der Waals surface area contributed by atoms with E-state index in [1.807, 2.05) is 30.3 Å². The van der Waals surface area contributed by atoms with Crippen molar-refractivity contribution in [2.45, 2.75) is 44.7 Å². The van der Waals surface area contributed by atoms with E-state index in [1.165, 1.54) is 0 Å². The van der Waals surface area contributed by atoms with E-state index in [4.69, 9.17) is 4.55 Å². The molecule has 0 bridgehead atoms. The highest BCUT2D eigenvalue weighted by Crippen LogP contribution is 2.22. The number of anilines is 1. The molecule has 1 aromatic carbocycles. The zero-order valence-electron chi connectivity index (χ0n) is 17.3. The highest BCUT2D eigenvalue weighted by molar-refractivity contribution is 7.85. The van der Waals surface area contributed by atoms with Crippen LogP contribution in [0.4, 0.5) is 5.95 Å². The first-order valence-electron chi connectivity index (χ1n) is 9.79. The molecule has 31 heavy (non-hydrogen) atoms. The Morgan fingerprint density at radius 1 is 1.13 bits per heavy atom. The molecular weight excluding hydrogens is 422 g/mol. The summed E-state index contributed by atoms with van der Waals surface area (Å²) >= 11 is 0. The first kappa shape index (κ1) is 22.6. The minimum absolute atomic E-state index is 0.0394. The molecule has 0 aliphatic heterocycles. The Bertz CT molecular complexity index is 1130. The average molecular weight is 448 g/mol. The predicted molar refractivity (Wildman–Crippen MR) is 115 cm³/mol. The second kappa shape index (κ2) is 9.79. The Kier molecular flexibility index (Phi) is 7.13. The van der Waals surface area contributed by atoms with Crippen molar-refractivity contribution in [3.05, 3.63) is 36.5 Å². The van der Waals surface area contributed by atoms with E-state index in [-0.39, 0.29) is 11.9 Å². The summed E-state index contributed by atoms with van der Waals surface area (Å²) in [5.41, 5.74) is 1.74. The first-order valence-corrected chi connectivity index (χ1v) is 11.6. The number of fused-ring (bicyclic) bond motifs is 1. The van der Waals surface area contributed by atoms with Crippen molar-refractivity contribution in [2.24, 2.45) is 0 Å². The Balaban J connectivity index is 0.000000491. The van der Waals surface area contributed by atoms with E-state index in [0.29, 0.717) is 24.1 Å². The number of nitrogens with one attached hydrogen (secondary N) is 2. The molecule has 1 aliphatic rings. The van der Waals surface area contributed by atoms with Crippen LogP contribution < -0.4 is 10.6 Å². The number of nitrogens with zero attached hydrogens (tertiary/aromatic N) is 5. The zero-order valence-corrected chi connectivity index (χ0v) is 18.1. The molecule has 1 fully saturated rings. The van der Waals surface area contributed by atoms with Crippen molar-refractivity contribution in [2.75, 3.05) is 11.6 Å². The lowest BCUT2D eigenvalue weighted by atomic mass is 9.91. The Morgan fingerprint density at radius 3 is 2.45 bits per heavy atom. The van der Waals surface area contributed by atoms with Gasteiger partial charge in [-0.2, -0.15) is 18.1 Å². The maximum absolute atomic E-state index is 11.2. The van der Waals surface area contributed by atoms with Crippen molar-refractivity contribution in [1.29, 1.82) is 0 Å². The van der Waals surface area contributed by atoms with Crippen molar-refractivity contribution >= 4 is 33.0 Å². The maximum atomic E-state index is 11.2. The number of carbonyl (C=O) groups excluding carboxylic acids is 1. The molecule has 1 aliphatic carbocycles. The van der Waals surface area contributed by atoms with E-state index in [1.54, 1.807) is 17.8 Å². The van der Waals surface area contributed by atoms with Gasteiger partial charge in [0.25, 0.3) is 10.1 Å². The second-order valence-electron chi connectivity index (χ2n) is 7.35. The minimum Gasteiger partial charge on any atom is -0.354 e. The second-order valence-corrected chi connectivity index (χ2v) is 8.82. The average Bonchev–Trinajstić information content (AvgIpc) is 3.12. The summed E-state index contributed by atoms with van der Waals surface area (Å²) in [6.07, 6.45) is 6.32. The van der Waals surface area contributed by atoms with Crippen LogP contribution in [-0.2, 0) is 14.9 Å². The fraction of sp³-hybridized carbons (Fsp3) is 0.421. The molecule has 1 saturated carbocycles. The smallest absolute Gasteiger partial charge is 0.261 e. The summed E-state index contributed by atoms with van der Waals surface area (Å²) in [5.74, 6) is 1.31. The number of para-hydroxylation sites is 1. The summed E-state index contributed by atoms with van der Waals surface area (Å²) in [7, 11) is -3.67. The van der Waals surface area contributed by atoms with Crippen molar-refractivity contribution < 1.29 is 17.8 Å². The fourth-order valence-corrected chi connectivity index (χ4v) is 3.43.